The number of carbonyl (C=O) groups is 2. The van der Waals surface area contributed by atoms with Gasteiger partial charge in [0.15, 0.2) is 0 Å². The van der Waals surface area contributed by atoms with Gasteiger partial charge in [0.1, 0.15) is 12.6 Å². The number of anilines is 1. The lowest BCUT2D eigenvalue weighted by atomic mass is 10.1. The SMILES string of the molecule is Cc1ccc(CN(C(=O)CN(c2cccc(Br)c2)S(=O)(=O)c2ccccc2)C(C)C(=O)NC(C)C)cc1. The van der Waals surface area contributed by atoms with Crippen LogP contribution < -0.4 is 9.62 Å². The summed E-state index contributed by atoms with van der Waals surface area (Å²) in [5, 5.41) is 2.85. The first kappa shape index (κ1) is 28.4. The van der Waals surface area contributed by atoms with Crippen LogP contribution in [0.15, 0.2) is 88.2 Å². The molecule has 1 unspecified atom stereocenters. The number of hydrogen-bond acceptors (Lipinski definition) is 4. The quantitative estimate of drug-likeness (QED) is 0.367. The molecule has 0 aliphatic heterocycles. The summed E-state index contributed by atoms with van der Waals surface area (Å²) in [7, 11) is -4.08. The molecule has 0 bridgehead atoms. The van der Waals surface area contributed by atoms with Crippen LogP contribution in [0.4, 0.5) is 5.69 Å². The largest absolute Gasteiger partial charge is 0.352 e. The molecule has 37 heavy (non-hydrogen) atoms. The van der Waals surface area contributed by atoms with E-state index in [-0.39, 0.29) is 23.4 Å². The summed E-state index contributed by atoms with van der Waals surface area (Å²) in [6, 6.07) is 21.5. The van der Waals surface area contributed by atoms with Crippen molar-refractivity contribution in [1.29, 1.82) is 0 Å². The second-order valence-corrected chi connectivity index (χ2v) is 11.9. The van der Waals surface area contributed by atoms with E-state index in [0.29, 0.717) is 10.2 Å². The minimum Gasteiger partial charge on any atom is -0.352 e. The average molecular weight is 587 g/mol. The smallest absolute Gasteiger partial charge is 0.264 e. The van der Waals surface area contributed by atoms with Crippen molar-refractivity contribution in [3.63, 3.8) is 0 Å². The van der Waals surface area contributed by atoms with Gasteiger partial charge in [0.05, 0.1) is 10.6 Å². The van der Waals surface area contributed by atoms with Crippen molar-refractivity contribution in [2.24, 2.45) is 0 Å². The Bertz CT molecular complexity index is 1330. The van der Waals surface area contributed by atoms with E-state index in [2.05, 4.69) is 21.2 Å². The van der Waals surface area contributed by atoms with Gasteiger partial charge in [-0.3, -0.25) is 13.9 Å². The Hall–Kier alpha value is -3.17. The number of benzene rings is 3. The number of halogens is 1. The molecule has 0 radical (unpaired) electrons. The fourth-order valence-electron chi connectivity index (χ4n) is 3.76. The van der Waals surface area contributed by atoms with Crippen molar-refractivity contribution < 1.29 is 18.0 Å². The first-order chi connectivity index (χ1) is 17.5. The van der Waals surface area contributed by atoms with Crippen LogP contribution in [0.5, 0.6) is 0 Å². The van der Waals surface area contributed by atoms with Gasteiger partial charge >= 0.3 is 0 Å². The fourth-order valence-corrected chi connectivity index (χ4v) is 5.57. The Morgan fingerprint density at radius 2 is 1.57 bits per heavy atom. The van der Waals surface area contributed by atoms with Crippen LogP contribution in [0, 0.1) is 6.92 Å². The normalized spacial score (nSPS) is 12.2. The molecule has 0 fully saturated rings. The highest BCUT2D eigenvalue weighted by Crippen LogP contribution is 2.27. The number of carbonyl (C=O) groups excluding carboxylic acids is 2. The fraction of sp³-hybridized carbons (Fsp3) is 0.286. The van der Waals surface area contributed by atoms with Crippen LogP contribution in [0.1, 0.15) is 31.9 Å². The second kappa shape index (κ2) is 12.4. The van der Waals surface area contributed by atoms with Crippen molar-refractivity contribution in [2.45, 2.75) is 51.2 Å². The van der Waals surface area contributed by atoms with E-state index < -0.39 is 28.5 Å². The van der Waals surface area contributed by atoms with E-state index in [0.717, 1.165) is 15.4 Å². The van der Waals surface area contributed by atoms with Crippen LogP contribution in [0.3, 0.4) is 0 Å². The lowest BCUT2D eigenvalue weighted by Crippen LogP contribution is -2.52. The maximum absolute atomic E-state index is 13.8. The molecule has 0 aliphatic carbocycles. The number of amides is 2. The molecular formula is C28H32BrN3O4S. The first-order valence-electron chi connectivity index (χ1n) is 12.0. The lowest BCUT2D eigenvalue weighted by Gasteiger charge is -2.32. The third-order valence-electron chi connectivity index (χ3n) is 5.78. The third-order valence-corrected chi connectivity index (χ3v) is 8.06. The van der Waals surface area contributed by atoms with Crippen molar-refractivity contribution in [2.75, 3.05) is 10.8 Å². The summed E-state index contributed by atoms with van der Waals surface area (Å²) in [5.41, 5.74) is 2.24. The summed E-state index contributed by atoms with van der Waals surface area (Å²) < 4.78 is 29.2. The van der Waals surface area contributed by atoms with Crippen LogP contribution in [-0.2, 0) is 26.2 Å². The Labute approximate surface area is 227 Å². The summed E-state index contributed by atoms with van der Waals surface area (Å²) in [6.45, 7) is 6.99. The van der Waals surface area contributed by atoms with Crippen LogP contribution >= 0.6 is 15.9 Å². The summed E-state index contributed by atoms with van der Waals surface area (Å²) in [4.78, 5) is 28.2. The minimum atomic E-state index is -4.08. The van der Waals surface area contributed by atoms with Crippen LogP contribution in [0.25, 0.3) is 0 Å². The molecule has 0 saturated carbocycles. The van der Waals surface area contributed by atoms with Crippen LogP contribution in [0.2, 0.25) is 0 Å². The van der Waals surface area contributed by atoms with Crippen molar-refractivity contribution in [1.82, 2.24) is 10.2 Å². The zero-order valence-electron chi connectivity index (χ0n) is 21.4. The van der Waals surface area contributed by atoms with E-state index in [1.54, 1.807) is 49.4 Å². The van der Waals surface area contributed by atoms with Crippen molar-refractivity contribution in [3.8, 4) is 0 Å². The van der Waals surface area contributed by atoms with Gasteiger partial charge in [-0.1, -0.05) is 70.0 Å². The molecule has 0 aromatic heterocycles. The zero-order chi connectivity index (χ0) is 27.2. The predicted molar refractivity (Wildman–Crippen MR) is 150 cm³/mol. The maximum atomic E-state index is 13.8. The molecule has 1 atom stereocenters. The topological polar surface area (TPSA) is 86.8 Å². The number of nitrogens with one attached hydrogen (secondary N) is 1. The molecule has 3 aromatic rings. The van der Waals surface area contributed by atoms with E-state index >= 15 is 0 Å². The van der Waals surface area contributed by atoms with Gasteiger partial charge in [-0.25, -0.2) is 8.42 Å². The molecule has 9 heteroatoms. The Morgan fingerprint density at radius 1 is 0.919 bits per heavy atom. The van der Waals surface area contributed by atoms with Gasteiger partial charge in [0.25, 0.3) is 10.0 Å². The summed E-state index contributed by atoms with van der Waals surface area (Å²) in [6.07, 6.45) is 0. The lowest BCUT2D eigenvalue weighted by molar-refractivity contribution is -0.139. The third kappa shape index (κ3) is 7.42. The molecule has 3 rings (SSSR count). The molecule has 3 aromatic carbocycles. The zero-order valence-corrected chi connectivity index (χ0v) is 23.8. The van der Waals surface area contributed by atoms with Gasteiger partial charge < -0.3 is 10.2 Å². The molecule has 0 saturated heterocycles. The monoisotopic (exact) mass is 585 g/mol. The van der Waals surface area contributed by atoms with E-state index in [1.165, 1.54) is 17.0 Å². The Balaban J connectivity index is 2.01. The van der Waals surface area contributed by atoms with Crippen molar-refractivity contribution in [3.05, 3.63) is 94.5 Å². The van der Waals surface area contributed by atoms with Crippen LogP contribution in [-0.4, -0.2) is 43.8 Å². The van der Waals surface area contributed by atoms with E-state index in [9.17, 15) is 18.0 Å². The molecule has 1 N–H and O–H groups in total. The van der Waals surface area contributed by atoms with Gasteiger partial charge in [0, 0.05) is 17.1 Å². The number of nitrogens with zero attached hydrogens (tertiary/aromatic N) is 2. The van der Waals surface area contributed by atoms with Crippen molar-refractivity contribution >= 4 is 43.5 Å². The average Bonchev–Trinajstić information content (AvgIpc) is 2.86. The van der Waals surface area contributed by atoms with Gasteiger partial charge in [-0.15, -0.1) is 0 Å². The Morgan fingerprint density at radius 3 is 2.16 bits per heavy atom. The van der Waals surface area contributed by atoms with Gasteiger partial charge in [-0.2, -0.15) is 0 Å². The molecular weight excluding hydrogens is 554 g/mol. The molecule has 0 heterocycles. The highest BCUT2D eigenvalue weighted by atomic mass is 79.9. The molecule has 2 amide bonds. The van der Waals surface area contributed by atoms with Gasteiger partial charge in [-0.05, 0) is 63.6 Å². The standard InChI is InChI=1S/C28H32BrN3O4S/c1-20(2)30-28(34)22(4)31(18-23-15-13-21(3)14-16-23)27(33)19-32(25-10-8-9-24(29)17-25)37(35,36)26-11-6-5-7-12-26/h5-17,20,22H,18-19H2,1-4H3,(H,30,34). The predicted octanol–water partition coefficient (Wildman–Crippen LogP) is 4.89. The molecule has 0 aliphatic rings. The highest BCUT2D eigenvalue weighted by molar-refractivity contribution is 9.10. The minimum absolute atomic E-state index is 0.0680. The van der Waals surface area contributed by atoms with E-state index in [4.69, 9.17) is 0 Å². The summed E-state index contributed by atoms with van der Waals surface area (Å²) in [5.74, 6) is -0.804. The molecule has 7 nitrogen and oxygen atoms in total. The van der Waals surface area contributed by atoms with E-state index in [1.807, 2.05) is 45.0 Å². The number of sulfonamides is 1. The number of rotatable bonds is 10. The maximum Gasteiger partial charge on any atom is 0.264 e. The second-order valence-electron chi connectivity index (χ2n) is 9.15. The first-order valence-corrected chi connectivity index (χ1v) is 14.2. The highest BCUT2D eigenvalue weighted by Gasteiger charge is 2.32. The van der Waals surface area contributed by atoms with Gasteiger partial charge in [0.2, 0.25) is 11.8 Å². The summed E-state index contributed by atoms with van der Waals surface area (Å²) >= 11 is 3.39. The molecule has 196 valence electrons. The molecule has 0 spiro atoms. The number of hydrogen-bond donors (Lipinski definition) is 1. The number of aryl methyl sites for hydroxylation is 1. The Kier molecular flexibility index (Phi) is 9.50.